The summed E-state index contributed by atoms with van der Waals surface area (Å²) in [6.07, 6.45) is 1.62. The third-order valence-electron chi connectivity index (χ3n) is 2.63. The molecule has 1 amide bonds. The number of carbonyl (C=O) groups is 1. The van der Waals surface area contributed by atoms with Crippen LogP contribution in [0.3, 0.4) is 0 Å². The molecule has 1 aromatic heterocycles. The number of aromatic nitrogens is 1. The first-order chi connectivity index (χ1) is 9.74. The number of nitrogens with zero attached hydrogens (tertiary/aromatic N) is 1. The minimum atomic E-state index is -0.245. The highest BCUT2D eigenvalue weighted by Gasteiger charge is 2.11. The van der Waals surface area contributed by atoms with E-state index in [4.69, 9.17) is 9.47 Å². The molecule has 0 saturated heterocycles. The molecule has 2 rings (SSSR count). The summed E-state index contributed by atoms with van der Waals surface area (Å²) >= 11 is 0. The van der Waals surface area contributed by atoms with Crippen LogP contribution in [0.5, 0.6) is 11.5 Å². The number of nitrogens with one attached hydrogen (secondary N) is 1. The van der Waals surface area contributed by atoms with Crippen molar-refractivity contribution in [2.45, 2.75) is 6.92 Å². The molecule has 1 N–H and O–H groups in total. The lowest BCUT2D eigenvalue weighted by Gasteiger charge is -2.11. The van der Waals surface area contributed by atoms with E-state index in [1.807, 2.05) is 6.92 Å². The van der Waals surface area contributed by atoms with Gasteiger partial charge in [-0.1, -0.05) is 6.07 Å². The molecule has 0 aliphatic carbocycles. The summed E-state index contributed by atoms with van der Waals surface area (Å²) in [4.78, 5) is 16.1. The van der Waals surface area contributed by atoms with E-state index in [0.29, 0.717) is 29.5 Å². The summed E-state index contributed by atoms with van der Waals surface area (Å²) in [5, 5.41) is 2.71. The number of methoxy groups -OCH3 is 1. The summed E-state index contributed by atoms with van der Waals surface area (Å²) in [6.45, 7) is 2.43. The fraction of sp³-hybridized carbons (Fsp3) is 0.200. The Morgan fingerprint density at radius 3 is 2.75 bits per heavy atom. The van der Waals surface area contributed by atoms with Crippen molar-refractivity contribution >= 4 is 11.7 Å². The molecule has 0 atom stereocenters. The van der Waals surface area contributed by atoms with Crippen molar-refractivity contribution in [2.24, 2.45) is 0 Å². The molecule has 0 aliphatic rings. The SMILES string of the molecule is CCOc1ccc(C(=O)Nc2ccccn2)cc1OC. The van der Waals surface area contributed by atoms with Crippen LogP contribution in [0.15, 0.2) is 42.6 Å². The van der Waals surface area contributed by atoms with Crippen molar-refractivity contribution in [3.8, 4) is 11.5 Å². The van der Waals surface area contributed by atoms with Gasteiger partial charge in [-0.15, -0.1) is 0 Å². The van der Waals surface area contributed by atoms with Crippen LogP contribution in [0.1, 0.15) is 17.3 Å². The second-order valence-electron chi connectivity index (χ2n) is 3.97. The number of pyridine rings is 1. The Balaban J connectivity index is 2.18. The fourth-order valence-corrected chi connectivity index (χ4v) is 1.71. The Bertz CT molecular complexity index is 585. The largest absolute Gasteiger partial charge is 0.493 e. The van der Waals surface area contributed by atoms with Crippen molar-refractivity contribution in [3.63, 3.8) is 0 Å². The van der Waals surface area contributed by atoms with Gasteiger partial charge in [0.05, 0.1) is 13.7 Å². The highest BCUT2D eigenvalue weighted by atomic mass is 16.5. The summed E-state index contributed by atoms with van der Waals surface area (Å²) in [6, 6.07) is 10.4. The smallest absolute Gasteiger partial charge is 0.256 e. The van der Waals surface area contributed by atoms with Gasteiger partial charge in [0, 0.05) is 11.8 Å². The zero-order valence-corrected chi connectivity index (χ0v) is 11.4. The monoisotopic (exact) mass is 272 g/mol. The van der Waals surface area contributed by atoms with Gasteiger partial charge >= 0.3 is 0 Å². The van der Waals surface area contributed by atoms with Gasteiger partial charge in [0.2, 0.25) is 0 Å². The van der Waals surface area contributed by atoms with Gasteiger partial charge < -0.3 is 14.8 Å². The van der Waals surface area contributed by atoms with Gasteiger partial charge in [0.1, 0.15) is 5.82 Å². The van der Waals surface area contributed by atoms with Crippen molar-refractivity contribution in [2.75, 3.05) is 19.0 Å². The lowest BCUT2D eigenvalue weighted by Crippen LogP contribution is -2.13. The normalized spacial score (nSPS) is 9.90. The molecule has 0 bridgehead atoms. The predicted molar refractivity (Wildman–Crippen MR) is 76.4 cm³/mol. The van der Waals surface area contributed by atoms with Gasteiger partial charge in [-0.25, -0.2) is 4.98 Å². The molecule has 0 fully saturated rings. The van der Waals surface area contributed by atoms with E-state index >= 15 is 0 Å². The van der Waals surface area contributed by atoms with E-state index in [-0.39, 0.29) is 5.91 Å². The Hall–Kier alpha value is -2.56. The van der Waals surface area contributed by atoms with Crippen LogP contribution >= 0.6 is 0 Å². The molecule has 1 heterocycles. The maximum Gasteiger partial charge on any atom is 0.256 e. The van der Waals surface area contributed by atoms with Crippen molar-refractivity contribution < 1.29 is 14.3 Å². The van der Waals surface area contributed by atoms with Crippen LogP contribution in [-0.2, 0) is 0 Å². The standard InChI is InChI=1S/C15H16N2O3/c1-3-20-12-8-7-11(10-13(12)19-2)15(18)17-14-6-4-5-9-16-14/h4-10H,3H2,1-2H3,(H,16,17,18). The van der Waals surface area contributed by atoms with E-state index in [1.54, 1.807) is 42.6 Å². The van der Waals surface area contributed by atoms with Crippen LogP contribution in [0.25, 0.3) is 0 Å². The van der Waals surface area contributed by atoms with E-state index < -0.39 is 0 Å². The van der Waals surface area contributed by atoms with E-state index in [1.165, 1.54) is 7.11 Å². The average Bonchev–Trinajstić information content (AvgIpc) is 2.49. The fourth-order valence-electron chi connectivity index (χ4n) is 1.71. The van der Waals surface area contributed by atoms with Crippen molar-refractivity contribution in [1.82, 2.24) is 4.98 Å². The maximum absolute atomic E-state index is 12.1. The molecule has 5 heteroatoms. The van der Waals surface area contributed by atoms with Crippen LogP contribution in [0, 0.1) is 0 Å². The number of anilines is 1. The Kier molecular flexibility index (Phi) is 4.55. The van der Waals surface area contributed by atoms with Crippen LogP contribution in [0.2, 0.25) is 0 Å². The molecular weight excluding hydrogens is 256 g/mol. The minimum absolute atomic E-state index is 0.245. The Labute approximate surface area is 117 Å². The highest BCUT2D eigenvalue weighted by molar-refractivity contribution is 6.04. The molecule has 2 aromatic rings. The van der Waals surface area contributed by atoms with Crippen LogP contribution in [0.4, 0.5) is 5.82 Å². The zero-order chi connectivity index (χ0) is 14.4. The van der Waals surface area contributed by atoms with Gasteiger partial charge in [-0.3, -0.25) is 4.79 Å². The number of rotatable bonds is 5. The first-order valence-electron chi connectivity index (χ1n) is 6.27. The summed E-state index contributed by atoms with van der Waals surface area (Å²) in [5.41, 5.74) is 0.482. The molecule has 0 radical (unpaired) electrons. The molecule has 0 saturated carbocycles. The summed E-state index contributed by atoms with van der Waals surface area (Å²) in [5.74, 6) is 1.40. The maximum atomic E-state index is 12.1. The van der Waals surface area contributed by atoms with E-state index in [9.17, 15) is 4.79 Å². The summed E-state index contributed by atoms with van der Waals surface area (Å²) < 4.78 is 10.6. The first kappa shape index (κ1) is 13.9. The van der Waals surface area contributed by atoms with Gasteiger partial charge in [0.25, 0.3) is 5.91 Å². The number of amides is 1. The lowest BCUT2D eigenvalue weighted by molar-refractivity contribution is 0.102. The van der Waals surface area contributed by atoms with E-state index in [0.717, 1.165) is 0 Å². The third-order valence-corrected chi connectivity index (χ3v) is 2.63. The molecule has 20 heavy (non-hydrogen) atoms. The van der Waals surface area contributed by atoms with Crippen molar-refractivity contribution in [1.29, 1.82) is 0 Å². The summed E-state index contributed by atoms with van der Waals surface area (Å²) in [7, 11) is 1.54. The molecule has 1 aromatic carbocycles. The molecule has 0 spiro atoms. The van der Waals surface area contributed by atoms with Crippen LogP contribution in [-0.4, -0.2) is 24.6 Å². The van der Waals surface area contributed by atoms with Gasteiger partial charge in [0.15, 0.2) is 11.5 Å². The molecule has 104 valence electrons. The number of hydrogen-bond acceptors (Lipinski definition) is 4. The quantitative estimate of drug-likeness (QED) is 0.909. The number of benzene rings is 1. The molecule has 5 nitrogen and oxygen atoms in total. The number of ether oxygens (including phenoxy) is 2. The molecule has 0 unspecified atom stereocenters. The molecular formula is C15H16N2O3. The predicted octanol–water partition coefficient (Wildman–Crippen LogP) is 2.74. The lowest BCUT2D eigenvalue weighted by atomic mass is 10.2. The zero-order valence-electron chi connectivity index (χ0n) is 11.4. The van der Waals surface area contributed by atoms with Crippen molar-refractivity contribution in [3.05, 3.63) is 48.2 Å². The average molecular weight is 272 g/mol. The number of hydrogen-bond donors (Lipinski definition) is 1. The van der Waals surface area contributed by atoms with Crippen LogP contribution < -0.4 is 14.8 Å². The second kappa shape index (κ2) is 6.56. The van der Waals surface area contributed by atoms with Gasteiger partial charge in [-0.2, -0.15) is 0 Å². The van der Waals surface area contributed by atoms with Gasteiger partial charge in [-0.05, 0) is 37.3 Å². The van der Waals surface area contributed by atoms with E-state index in [2.05, 4.69) is 10.3 Å². The number of carbonyl (C=O) groups excluding carboxylic acids is 1. The highest BCUT2D eigenvalue weighted by Crippen LogP contribution is 2.28. The third kappa shape index (κ3) is 3.26. The second-order valence-corrected chi connectivity index (χ2v) is 3.97. The topological polar surface area (TPSA) is 60.5 Å². The minimum Gasteiger partial charge on any atom is -0.493 e. The Morgan fingerprint density at radius 2 is 2.10 bits per heavy atom. The first-order valence-corrected chi connectivity index (χ1v) is 6.27. The molecule has 0 aliphatic heterocycles. The Morgan fingerprint density at radius 1 is 1.25 bits per heavy atom.